The van der Waals surface area contributed by atoms with Crippen LogP contribution in [0.1, 0.15) is 43.2 Å². The first-order chi connectivity index (χ1) is 7.81. The highest BCUT2D eigenvalue weighted by molar-refractivity contribution is 5.09. The first kappa shape index (κ1) is 11.6. The number of aryl methyl sites for hydroxylation is 1. The maximum absolute atomic E-state index is 5.70. The molecule has 1 atom stereocenters. The summed E-state index contributed by atoms with van der Waals surface area (Å²) in [6.07, 6.45) is 4.89. The number of nitrogens with two attached hydrogens (primary N) is 1. The van der Waals surface area contributed by atoms with Crippen molar-refractivity contribution < 1.29 is 4.52 Å². The summed E-state index contributed by atoms with van der Waals surface area (Å²) in [4.78, 5) is 2.49. The molecule has 0 radical (unpaired) electrons. The third-order valence-corrected chi connectivity index (χ3v) is 3.26. The highest BCUT2D eigenvalue weighted by atomic mass is 16.5. The molecule has 90 valence electrons. The number of hydrogen-bond acceptors (Lipinski definition) is 4. The number of nitrogens with zero attached hydrogens (tertiary/aromatic N) is 2. The Labute approximate surface area is 96.8 Å². The Morgan fingerprint density at radius 3 is 2.75 bits per heavy atom. The van der Waals surface area contributed by atoms with Crippen LogP contribution in [0, 0.1) is 6.92 Å². The second-order valence-corrected chi connectivity index (χ2v) is 4.55. The zero-order valence-electron chi connectivity index (χ0n) is 9.98. The van der Waals surface area contributed by atoms with E-state index in [4.69, 9.17) is 10.3 Å². The standard InChI is InChI=1S/C12H21N3O/c1-10-9-11(14-16-10)12(5-6-13)15-7-3-2-4-8-15/h9,12H,2-8,13H2,1H3. The molecule has 0 bridgehead atoms. The largest absolute Gasteiger partial charge is 0.361 e. The minimum Gasteiger partial charge on any atom is -0.361 e. The summed E-state index contributed by atoms with van der Waals surface area (Å²) in [6.45, 7) is 4.96. The van der Waals surface area contributed by atoms with Gasteiger partial charge in [0.15, 0.2) is 0 Å². The van der Waals surface area contributed by atoms with E-state index in [2.05, 4.69) is 10.1 Å². The van der Waals surface area contributed by atoms with Gasteiger partial charge in [-0.15, -0.1) is 0 Å². The molecular weight excluding hydrogens is 202 g/mol. The predicted octanol–water partition coefficient (Wildman–Crippen LogP) is 1.86. The fourth-order valence-electron chi connectivity index (χ4n) is 2.45. The minimum absolute atomic E-state index is 0.350. The van der Waals surface area contributed by atoms with E-state index < -0.39 is 0 Å². The van der Waals surface area contributed by atoms with E-state index in [9.17, 15) is 0 Å². The first-order valence-electron chi connectivity index (χ1n) is 6.18. The monoisotopic (exact) mass is 223 g/mol. The molecule has 2 rings (SSSR count). The molecule has 0 aliphatic carbocycles. The Morgan fingerprint density at radius 2 is 2.19 bits per heavy atom. The van der Waals surface area contributed by atoms with Gasteiger partial charge in [0.05, 0.1) is 6.04 Å². The molecule has 1 aliphatic heterocycles. The molecule has 1 aliphatic rings. The van der Waals surface area contributed by atoms with E-state index in [1.54, 1.807) is 0 Å². The summed E-state index contributed by atoms with van der Waals surface area (Å²) in [6, 6.07) is 2.39. The zero-order valence-corrected chi connectivity index (χ0v) is 9.98. The molecule has 1 aromatic rings. The number of piperidine rings is 1. The quantitative estimate of drug-likeness (QED) is 0.846. The number of hydrogen-bond donors (Lipinski definition) is 1. The molecule has 4 nitrogen and oxygen atoms in total. The average molecular weight is 223 g/mol. The van der Waals surface area contributed by atoms with Crippen LogP contribution < -0.4 is 5.73 Å². The molecule has 0 saturated carbocycles. The van der Waals surface area contributed by atoms with Crippen molar-refractivity contribution in [1.82, 2.24) is 10.1 Å². The van der Waals surface area contributed by atoms with Crippen LogP contribution in [-0.4, -0.2) is 29.7 Å². The highest BCUT2D eigenvalue weighted by Gasteiger charge is 2.23. The van der Waals surface area contributed by atoms with Crippen LogP contribution in [0.3, 0.4) is 0 Å². The third kappa shape index (κ3) is 2.62. The summed E-state index contributed by atoms with van der Waals surface area (Å²) in [5, 5.41) is 4.14. The normalized spacial score (nSPS) is 19.9. The molecule has 2 N–H and O–H groups in total. The topological polar surface area (TPSA) is 55.3 Å². The molecule has 1 saturated heterocycles. The van der Waals surface area contributed by atoms with Crippen LogP contribution >= 0.6 is 0 Å². The van der Waals surface area contributed by atoms with Gasteiger partial charge in [-0.2, -0.15) is 0 Å². The fourth-order valence-corrected chi connectivity index (χ4v) is 2.45. The van der Waals surface area contributed by atoms with Crippen LogP contribution in [0.25, 0.3) is 0 Å². The lowest BCUT2D eigenvalue weighted by atomic mass is 10.0. The molecule has 2 heterocycles. The SMILES string of the molecule is Cc1cc(C(CCN)N2CCCCC2)no1. The lowest BCUT2D eigenvalue weighted by molar-refractivity contribution is 0.151. The van der Waals surface area contributed by atoms with Crippen LogP contribution in [0.2, 0.25) is 0 Å². The van der Waals surface area contributed by atoms with E-state index in [1.165, 1.54) is 19.3 Å². The van der Waals surface area contributed by atoms with Gasteiger partial charge in [-0.3, -0.25) is 4.90 Å². The lowest BCUT2D eigenvalue weighted by Gasteiger charge is -2.33. The van der Waals surface area contributed by atoms with E-state index in [-0.39, 0.29) is 0 Å². The Balaban J connectivity index is 2.09. The van der Waals surface area contributed by atoms with Gasteiger partial charge in [-0.05, 0) is 45.8 Å². The van der Waals surface area contributed by atoms with Crippen molar-refractivity contribution in [1.29, 1.82) is 0 Å². The van der Waals surface area contributed by atoms with E-state index in [0.717, 1.165) is 31.0 Å². The summed E-state index contributed by atoms with van der Waals surface area (Å²) >= 11 is 0. The average Bonchev–Trinajstić information content (AvgIpc) is 2.74. The van der Waals surface area contributed by atoms with E-state index in [0.29, 0.717) is 12.6 Å². The molecule has 0 spiro atoms. The molecule has 0 aromatic carbocycles. The van der Waals surface area contributed by atoms with E-state index >= 15 is 0 Å². The summed E-state index contributed by atoms with van der Waals surface area (Å²) in [7, 11) is 0. The molecule has 0 amide bonds. The number of likely N-dealkylation sites (tertiary alicyclic amines) is 1. The van der Waals surface area contributed by atoms with Crippen molar-refractivity contribution in [2.45, 2.75) is 38.6 Å². The first-order valence-corrected chi connectivity index (χ1v) is 6.18. The number of aromatic nitrogens is 1. The third-order valence-electron chi connectivity index (χ3n) is 3.26. The minimum atomic E-state index is 0.350. The van der Waals surface area contributed by atoms with Crippen molar-refractivity contribution in [3.8, 4) is 0 Å². The molecule has 1 aromatic heterocycles. The predicted molar refractivity (Wildman–Crippen MR) is 63.1 cm³/mol. The van der Waals surface area contributed by atoms with Gasteiger partial charge < -0.3 is 10.3 Å². The second-order valence-electron chi connectivity index (χ2n) is 4.55. The van der Waals surface area contributed by atoms with Crippen molar-refractivity contribution in [2.75, 3.05) is 19.6 Å². The molecule has 4 heteroatoms. The Morgan fingerprint density at radius 1 is 1.44 bits per heavy atom. The Hall–Kier alpha value is -0.870. The van der Waals surface area contributed by atoms with Crippen LogP contribution in [-0.2, 0) is 0 Å². The van der Waals surface area contributed by atoms with Gasteiger partial charge in [0.2, 0.25) is 0 Å². The van der Waals surface area contributed by atoms with Gasteiger partial charge in [0.25, 0.3) is 0 Å². The zero-order chi connectivity index (χ0) is 11.4. The van der Waals surface area contributed by atoms with Gasteiger partial charge in [-0.25, -0.2) is 0 Å². The van der Waals surface area contributed by atoms with Crippen molar-refractivity contribution in [3.63, 3.8) is 0 Å². The van der Waals surface area contributed by atoms with Gasteiger partial charge >= 0.3 is 0 Å². The highest BCUT2D eigenvalue weighted by Crippen LogP contribution is 2.26. The van der Waals surface area contributed by atoms with Crippen LogP contribution in [0.15, 0.2) is 10.6 Å². The molecule has 16 heavy (non-hydrogen) atoms. The van der Waals surface area contributed by atoms with Gasteiger partial charge in [0.1, 0.15) is 11.5 Å². The number of rotatable bonds is 4. The van der Waals surface area contributed by atoms with E-state index in [1.807, 2.05) is 13.0 Å². The summed E-state index contributed by atoms with van der Waals surface area (Å²) in [5.74, 6) is 0.883. The van der Waals surface area contributed by atoms with Crippen LogP contribution in [0.4, 0.5) is 0 Å². The van der Waals surface area contributed by atoms with Crippen molar-refractivity contribution in [3.05, 3.63) is 17.5 Å². The van der Waals surface area contributed by atoms with Crippen LogP contribution in [0.5, 0.6) is 0 Å². The van der Waals surface area contributed by atoms with Crippen molar-refractivity contribution >= 4 is 0 Å². The fraction of sp³-hybridized carbons (Fsp3) is 0.750. The summed E-state index contributed by atoms with van der Waals surface area (Å²) in [5.41, 5.74) is 6.74. The summed E-state index contributed by atoms with van der Waals surface area (Å²) < 4.78 is 5.17. The molecule has 1 unspecified atom stereocenters. The van der Waals surface area contributed by atoms with Gasteiger partial charge in [0, 0.05) is 6.07 Å². The Kier molecular flexibility index (Phi) is 3.96. The van der Waals surface area contributed by atoms with Crippen molar-refractivity contribution in [2.24, 2.45) is 5.73 Å². The molecular formula is C12H21N3O. The smallest absolute Gasteiger partial charge is 0.133 e. The maximum Gasteiger partial charge on any atom is 0.133 e. The lowest BCUT2D eigenvalue weighted by Crippen LogP contribution is -2.35. The molecule has 1 fully saturated rings. The Bertz CT molecular complexity index is 318. The maximum atomic E-state index is 5.70. The van der Waals surface area contributed by atoms with Gasteiger partial charge in [-0.1, -0.05) is 11.6 Å². The second kappa shape index (κ2) is 5.46.